The lowest BCUT2D eigenvalue weighted by Gasteiger charge is -2.25. The number of rotatable bonds is 1. The Morgan fingerprint density at radius 2 is 2.00 bits per heavy atom. The average Bonchev–Trinajstić information content (AvgIpc) is 2.34. The molecule has 6 heteroatoms. The normalized spacial score (nSPS) is 18.2. The third-order valence-electron chi connectivity index (χ3n) is 2.54. The lowest BCUT2D eigenvalue weighted by Crippen LogP contribution is -2.52. The molecule has 0 radical (unpaired) electrons. The lowest BCUT2D eigenvalue weighted by atomic mass is 10.1. The molecule has 1 heterocycles. The highest BCUT2D eigenvalue weighted by Crippen LogP contribution is 2.20. The van der Waals surface area contributed by atoms with Crippen molar-refractivity contribution in [3.8, 4) is 5.75 Å². The van der Waals surface area contributed by atoms with E-state index in [0.717, 1.165) is 0 Å². The summed E-state index contributed by atoms with van der Waals surface area (Å²) in [6, 6.07) is 6.44. The predicted molar refractivity (Wildman–Crippen MR) is 69.6 cm³/mol. The first-order chi connectivity index (χ1) is 8.50. The molecule has 1 aromatic rings. The Morgan fingerprint density at radius 3 is 2.67 bits per heavy atom. The van der Waals surface area contributed by atoms with E-state index in [1.54, 1.807) is 18.2 Å². The van der Waals surface area contributed by atoms with Crippen LogP contribution in [0.3, 0.4) is 0 Å². The molecule has 1 aliphatic heterocycles. The third kappa shape index (κ3) is 2.10. The van der Waals surface area contributed by atoms with E-state index in [0.29, 0.717) is 5.56 Å². The number of amides is 2. The van der Waals surface area contributed by atoms with Crippen molar-refractivity contribution in [2.24, 2.45) is 0 Å². The van der Waals surface area contributed by atoms with Crippen molar-refractivity contribution in [2.45, 2.75) is 0 Å². The van der Waals surface area contributed by atoms with E-state index in [1.165, 1.54) is 24.1 Å². The Morgan fingerprint density at radius 1 is 1.33 bits per heavy atom. The highest BCUT2D eigenvalue weighted by atomic mass is 32.1. The van der Waals surface area contributed by atoms with Gasteiger partial charge in [0, 0.05) is 12.6 Å². The van der Waals surface area contributed by atoms with Crippen LogP contribution in [0.2, 0.25) is 0 Å². The van der Waals surface area contributed by atoms with Gasteiger partial charge in [-0.2, -0.15) is 0 Å². The number of hydrogen-bond donors (Lipinski definition) is 2. The largest absolute Gasteiger partial charge is 0.507 e. The number of benzene rings is 1. The maximum absolute atomic E-state index is 11.9. The molecule has 2 N–H and O–H groups in total. The minimum absolute atomic E-state index is 0.00130. The van der Waals surface area contributed by atoms with Crippen LogP contribution in [0, 0.1) is 0 Å². The third-order valence-corrected chi connectivity index (χ3v) is 2.92. The fraction of sp³-hybridized carbons (Fsp3) is 0.0833. The number of aromatic hydroxyl groups is 1. The number of thiocarbonyl (C=S) groups is 1. The summed E-state index contributed by atoms with van der Waals surface area (Å²) in [5, 5.41) is 12.1. The molecule has 1 fully saturated rings. The van der Waals surface area contributed by atoms with Gasteiger partial charge >= 0.3 is 0 Å². The second-order valence-electron chi connectivity index (χ2n) is 3.74. The number of nitrogens with one attached hydrogen (secondary N) is 1. The molecule has 0 bridgehead atoms. The van der Waals surface area contributed by atoms with Crippen molar-refractivity contribution in [3.63, 3.8) is 0 Å². The highest BCUT2D eigenvalue weighted by molar-refractivity contribution is 7.80. The summed E-state index contributed by atoms with van der Waals surface area (Å²) in [5.74, 6) is -1.06. The molecule has 0 saturated carbocycles. The first-order valence-corrected chi connectivity index (χ1v) is 5.54. The van der Waals surface area contributed by atoms with E-state index in [2.05, 4.69) is 5.32 Å². The predicted octanol–water partition coefficient (Wildman–Crippen LogP) is 0.649. The maximum atomic E-state index is 11.9. The molecule has 2 rings (SSSR count). The smallest absolute Gasteiger partial charge is 0.265 e. The molecular weight excluding hydrogens is 252 g/mol. The van der Waals surface area contributed by atoms with E-state index in [9.17, 15) is 14.7 Å². The van der Waals surface area contributed by atoms with Gasteiger partial charge in [-0.15, -0.1) is 0 Å². The first-order valence-electron chi connectivity index (χ1n) is 5.14. The molecule has 18 heavy (non-hydrogen) atoms. The Labute approximate surface area is 109 Å². The van der Waals surface area contributed by atoms with Crippen LogP contribution in [0.5, 0.6) is 5.75 Å². The van der Waals surface area contributed by atoms with Crippen molar-refractivity contribution in [2.75, 3.05) is 7.05 Å². The minimum atomic E-state index is -0.564. The number of likely N-dealkylation sites (N-methyl/N-ethyl adjacent to an activating group) is 1. The molecule has 1 aromatic carbocycles. The van der Waals surface area contributed by atoms with E-state index >= 15 is 0 Å². The van der Waals surface area contributed by atoms with Crippen molar-refractivity contribution < 1.29 is 14.7 Å². The van der Waals surface area contributed by atoms with Gasteiger partial charge in [-0.05, 0) is 24.4 Å². The molecule has 0 aliphatic carbocycles. The number of carbonyl (C=O) groups excluding carboxylic acids is 2. The fourth-order valence-corrected chi connectivity index (χ4v) is 1.69. The molecule has 1 saturated heterocycles. The number of hydrogen-bond acceptors (Lipinski definition) is 4. The number of carbonyl (C=O) groups is 2. The molecule has 1 aliphatic rings. The monoisotopic (exact) mass is 262 g/mol. The van der Waals surface area contributed by atoms with Crippen molar-refractivity contribution in [1.82, 2.24) is 10.2 Å². The molecule has 5 nitrogen and oxygen atoms in total. The van der Waals surface area contributed by atoms with Gasteiger partial charge in [-0.25, -0.2) is 0 Å². The number of phenols is 1. The Bertz CT molecular complexity index is 580. The summed E-state index contributed by atoms with van der Waals surface area (Å²) in [6.07, 6.45) is 1.34. The summed E-state index contributed by atoms with van der Waals surface area (Å²) in [4.78, 5) is 24.7. The quantitative estimate of drug-likeness (QED) is 0.443. The van der Waals surface area contributed by atoms with Gasteiger partial charge in [0.05, 0.1) is 0 Å². The molecular formula is C12H10N2O3S. The topological polar surface area (TPSA) is 69.6 Å². The van der Waals surface area contributed by atoms with Crippen LogP contribution in [0.15, 0.2) is 29.8 Å². The Balaban J connectivity index is 2.44. The van der Waals surface area contributed by atoms with E-state index in [1.807, 2.05) is 0 Å². The second-order valence-corrected chi connectivity index (χ2v) is 4.13. The van der Waals surface area contributed by atoms with E-state index in [-0.39, 0.29) is 16.4 Å². The first kappa shape index (κ1) is 12.3. The van der Waals surface area contributed by atoms with Gasteiger partial charge in [0.25, 0.3) is 11.8 Å². The average molecular weight is 262 g/mol. The number of nitrogens with zero attached hydrogens (tertiary/aromatic N) is 1. The summed E-state index contributed by atoms with van der Waals surface area (Å²) < 4.78 is 0. The molecule has 0 unspecified atom stereocenters. The summed E-state index contributed by atoms with van der Waals surface area (Å²) in [7, 11) is 1.47. The Kier molecular flexibility index (Phi) is 3.12. The van der Waals surface area contributed by atoms with Crippen molar-refractivity contribution in [3.05, 3.63) is 35.4 Å². The highest BCUT2D eigenvalue weighted by Gasteiger charge is 2.30. The molecule has 0 atom stereocenters. The van der Waals surface area contributed by atoms with Gasteiger partial charge in [0.2, 0.25) is 0 Å². The van der Waals surface area contributed by atoms with E-state index in [4.69, 9.17) is 12.2 Å². The van der Waals surface area contributed by atoms with Crippen LogP contribution >= 0.6 is 12.2 Å². The zero-order valence-electron chi connectivity index (χ0n) is 9.51. The lowest BCUT2D eigenvalue weighted by molar-refractivity contribution is -0.128. The van der Waals surface area contributed by atoms with Crippen molar-refractivity contribution in [1.29, 1.82) is 0 Å². The summed E-state index contributed by atoms with van der Waals surface area (Å²) >= 11 is 4.82. The zero-order chi connectivity index (χ0) is 13.3. The fourth-order valence-electron chi connectivity index (χ4n) is 1.51. The van der Waals surface area contributed by atoms with Crippen molar-refractivity contribution >= 4 is 35.2 Å². The van der Waals surface area contributed by atoms with Gasteiger partial charge in [0.1, 0.15) is 11.3 Å². The van der Waals surface area contributed by atoms with E-state index < -0.39 is 11.8 Å². The van der Waals surface area contributed by atoms with Gasteiger partial charge in [0.15, 0.2) is 5.11 Å². The van der Waals surface area contributed by atoms with Crippen LogP contribution < -0.4 is 5.32 Å². The van der Waals surface area contributed by atoms with Gasteiger partial charge in [-0.3, -0.25) is 19.8 Å². The van der Waals surface area contributed by atoms with Gasteiger partial charge < -0.3 is 5.11 Å². The maximum Gasteiger partial charge on any atom is 0.265 e. The SMILES string of the molecule is CN1C(=O)C(=Cc2ccccc2O)C(=O)NC1=S. The molecule has 0 spiro atoms. The van der Waals surface area contributed by atoms with Crippen LogP contribution in [0.25, 0.3) is 6.08 Å². The molecule has 2 amide bonds. The van der Waals surface area contributed by atoms with Gasteiger partial charge in [-0.1, -0.05) is 18.2 Å². The Hall–Kier alpha value is -2.21. The van der Waals surface area contributed by atoms with Crippen LogP contribution in [0.4, 0.5) is 0 Å². The van der Waals surface area contributed by atoms with Crippen LogP contribution in [0.1, 0.15) is 5.56 Å². The minimum Gasteiger partial charge on any atom is -0.507 e. The number of phenolic OH excluding ortho intramolecular Hbond substituents is 1. The number of para-hydroxylation sites is 1. The molecule has 0 aromatic heterocycles. The summed E-state index contributed by atoms with van der Waals surface area (Å²) in [5.41, 5.74) is 0.338. The van der Waals surface area contributed by atoms with Crippen LogP contribution in [-0.2, 0) is 9.59 Å². The zero-order valence-corrected chi connectivity index (χ0v) is 10.3. The second kappa shape index (κ2) is 4.58. The standard InChI is InChI=1S/C12H10N2O3S/c1-14-11(17)8(10(16)13-12(14)18)6-7-4-2-3-5-9(7)15/h2-6,15H,1H3,(H,13,16,18). The van der Waals surface area contributed by atoms with Crippen LogP contribution in [-0.4, -0.2) is 34.0 Å². The summed E-state index contributed by atoms with van der Waals surface area (Å²) in [6.45, 7) is 0. The molecule has 92 valence electrons.